The van der Waals surface area contributed by atoms with Crippen LogP contribution in [-0.4, -0.2) is 49.6 Å². The Morgan fingerprint density at radius 3 is 2.50 bits per heavy atom. The zero-order valence-corrected chi connectivity index (χ0v) is 11.6. The van der Waals surface area contributed by atoms with Gasteiger partial charge < -0.3 is 10.1 Å². The molecular formula is C13H24N2O3. The predicted octanol–water partition coefficient (Wildman–Crippen LogP) is 0.929. The average Bonchev–Trinajstić information content (AvgIpc) is 2.38. The molecule has 0 aromatic rings. The lowest BCUT2D eigenvalue weighted by Gasteiger charge is -2.27. The maximum Gasteiger partial charge on any atom is 0.319 e. The molecule has 1 fully saturated rings. The van der Waals surface area contributed by atoms with E-state index in [1.807, 2.05) is 0 Å². The first-order valence-corrected chi connectivity index (χ1v) is 6.62. The molecule has 0 spiro atoms. The molecule has 5 nitrogen and oxygen atoms in total. The fourth-order valence-electron chi connectivity index (χ4n) is 2.17. The summed E-state index contributed by atoms with van der Waals surface area (Å²) in [6, 6.07) is -0.00810. The van der Waals surface area contributed by atoms with Crippen LogP contribution in [0.3, 0.4) is 0 Å². The first-order valence-electron chi connectivity index (χ1n) is 6.62. The first-order chi connectivity index (χ1) is 8.54. The number of rotatable bonds is 5. The second-order valence-electron chi connectivity index (χ2n) is 5.01. The van der Waals surface area contributed by atoms with Gasteiger partial charge in [0.25, 0.3) is 0 Å². The molecule has 0 heterocycles. The second-order valence-corrected chi connectivity index (χ2v) is 5.01. The molecular weight excluding hydrogens is 232 g/mol. The SMILES string of the molecule is COC(=O)CN(C)C(C)C(=O)NC1CCCCC1. The lowest BCUT2D eigenvalue weighted by atomic mass is 9.95. The van der Waals surface area contributed by atoms with Crippen LogP contribution in [0.25, 0.3) is 0 Å². The molecule has 0 bridgehead atoms. The van der Waals surface area contributed by atoms with Gasteiger partial charge in [-0.05, 0) is 26.8 Å². The summed E-state index contributed by atoms with van der Waals surface area (Å²) in [5, 5.41) is 3.06. The third kappa shape index (κ3) is 4.64. The molecule has 1 atom stereocenters. The molecule has 0 aromatic heterocycles. The van der Waals surface area contributed by atoms with Gasteiger partial charge in [-0.1, -0.05) is 19.3 Å². The smallest absolute Gasteiger partial charge is 0.319 e. The number of hydrogen-bond donors (Lipinski definition) is 1. The van der Waals surface area contributed by atoms with Crippen molar-refractivity contribution in [3.05, 3.63) is 0 Å². The van der Waals surface area contributed by atoms with E-state index >= 15 is 0 Å². The Kier molecular flexibility index (Phi) is 6.12. The number of likely N-dealkylation sites (N-methyl/N-ethyl adjacent to an activating group) is 1. The van der Waals surface area contributed by atoms with Gasteiger partial charge in [-0.2, -0.15) is 0 Å². The van der Waals surface area contributed by atoms with Gasteiger partial charge in [0.05, 0.1) is 19.7 Å². The van der Waals surface area contributed by atoms with Crippen LogP contribution in [0.15, 0.2) is 0 Å². The summed E-state index contributed by atoms with van der Waals surface area (Å²) in [4.78, 5) is 24.9. The molecule has 0 aliphatic heterocycles. The zero-order valence-electron chi connectivity index (χ0n) is 11.6. The lowest BCUT2D eigenvalue weighted by Crippen LogP contribution is -2.48. The van der Waals surface area contributed by atoms with Crippen LogP contribution >= 0.6 is 0 Å². The largest absolute Gasteiger partial charge is 0.468 e. The number of methoxy groups -OCH3 is 1. The van der Waals surface area contributed by atoms with Crippen molar-refractivity contribution in [3.8, 4) is 0 Å². The van der Waals surface area contributed by atoms with Crippen molar-refractivity contribution in [2.75, 3.05) is 20.7 Å². The van der Waals surface area contributed by atoms with E-state index < -0.39 is 0 Å². The van der Waals surface area contributed by atoms with E-state index in [4.69, 9.17) is 0 Å². The molecule has 1 aliphatic carbocycles. The first kappa shape index (κ1) is 15.0. The van der Waals surface area contributed by atoms with E-state index in [9.17, 15) is 9.59 Å². The highest BCUT2D eigenvalue weighted by Crippen LogP contribution is 2.17. The average molecular weight is 256 g/mol. The van der Waals surface area contributed by atoms with Crippen molar-refractivity contribution < 1.29 is 14.3 Å². The summed E-state index contributed by atoms with van der Waals surface area (Å²) >= 11 is 0. The molecule has 0 radical (unpaired) electrons. The quantitative estimate of drug-likeness (QED) is 0.743. The maximum atomic E-state index is 12.0. The summed E-state index contributed by atoms with van der Waals surface area (Å²) in [5.41, 5.74) is 0. The Labute approximate surface area is 109 Å². The summed E-state index contributed by atoms with van der Waals surface area (Å²) in [6.07, 6.45) is 5.79. The van der Waals surface area contributed by atoms with Crippen molar-refractivity contribution in [2.24, 2.45) is 0 Å². The molecule has 0 saturated heterocycles. The van der Waals surface area contributed by atoms with Gasteiger partial charge in [-0.15, -0.1) is 0 Å². The number of nitrogens with one attached hydrogen (secondary N) is 1. The number of amides is 1. The van der Waals surface area contributed by atoms with Gasteiger partial charge in [0.2, 0.25) is 5.91 Å². The van der Waals surface area contributed by atoms with Crippen LogP contribution in [0.5, 0.6) is 0 Å². The minimum atomic E-state index is -0.324. The van der Waals surface area contributed by atoms with Gasteiger partial charge in [0.15, 0.2) is 0 Å². The summed E-state index contributed by atoms with van der Waals surface area (Å²) in [6.45, 7) is 1.94. The Balaban J connectivity index is 2.37. The molecule has 0 aromatic carbocycles. The highest BCUT2D eigenvalue weighted by Gasteiger charge is 2.23. The molecule has 1 amide bonds. The summed E-state index contributed by atoms with van der Waals surface area (Å²) in [7, 11) is 3.10. The number of carbonyl (C=O) groups is 2. The van der Waals surface area contributed by atoms with E-state index in [1.54, 1.807) is 18.9 Å². The van der Waals surface area contributed by atoms with Crippen molar-refractivity contribution in [2.45, 2.75) is 51.1 Å². The minimum Gasteiger partial charge on any atom is -0.468 e. The van der Waals surface area contributed by atoms with Gasteiger partial charge in [-0.3, -0.25) is 14.5 Å². The zero-order chi connectivity index (χ0) is 13.5. The predicted molar refractivity (Wildman–Crippen MR) is 69.1 cm³/mol. The molecule has 18 heavy (non-hydrogen) atoms. The highest BCUT2D eigenvalue weighted by molar-refractivity contribution is 5.82. The lowest BCUT2D eigenvalue weighted by molar-refractivity contribution is -0.142. The number of nitrogens with zero attached hydrogens (tertiary/aromatic N) is 1. The van der Waals surface area contributed by atoms with Crippen molar-refractivity contribution >= 4 is 11.9 Å². The van der Waals surface area contributed by atoms with Crippen LogP contribution in [0.2, 0.25) is 0 Å². The van der Waals surface area contributed by atoms with Crippen molar-refractivity contribution in [1.29, 1.82) is 0 Å². The molecule has 5 heteroatoms. The number of ether oxygens (including phenoxy) is 1. The summed E-state index contributed by atoms with van der Waals surface area (Å²) < 4.78 is 4.59. The molecule has 1 saturated carbocycles. The standard InChI is InChI=1S/C13H24N2O3/c1-10(15(2)9-12(16)18-3)13(17)14-11-7-5-4-6-8-11/h10-11H,4-9H2,1-3H3,(H,14,17). The number of carbonyl (C=O) groups excluding carboxylic acids is 2. The van der Waals surface area contributed by atoms with Crippen molar-refractivity contribution in [3.63, 3.8) is 0 Å². The summed E-state index contributed by atoms with van der Waals surface area (Å²) in [5.74, 6) is -0.330. The molecule has 104 valence electrons. The maximum absolute atomic E-state index is 12.0. The Hall–Kier alpha value is -1.10. The van der Waals surface area contributed by atoms with E-state index in [0.29, 0.717) is 6.04 Å². The molecule has 1 unspecified atom stereocenters. The second kappa shape index (κ2) is 7.36. The van der Waals surface area contributed by atoms with Crippen LogP contribution in [-0.2, 0) is 14.3 Å². The van der Waals surface area contributed by atoms with Gasteiger partial charge in [0.1, 0.15) is 0 Å². The van der Waals surface area contributed by atoms with E-state index in [1.165, 1.54) is 26.4 Å². The van der Waals surface area contributed by atoms with Crippen LogP contribution in [0.1, 0.15) is 39.0 Å². The van der Waals surface area contributed by atoms with E-state index in [2.05, 4.69) is 10.1 Å². The third-order valence-corrected chi connectivity index (χ3v) is 3.60. The Morgan fingerprint density at radius 1 is 1.33 bits per heavy atom. The highest BCUT2D eigenvalue weighted by atomic mass is 16.5. The third-order valence-electron chi connectivity index (χ3n) is 3.60. The van der Waals surface area contributed by atoms with Crippen molar-refractivity contribution in [1.82, 2.24) is 10.2 Å². The number of esters is 1. The van der Waals surface area contributed by atoms with Gasteiger partial charge in [0, 0.05) is 6.04 Å². The fraction of sp³-hybridized carbons (Fsp3) is 0.846. The van der Waals surface area contributed by atoms with E-state index in [-0.39, 0.29) is 24.5 Å². The molecule has 1 N–H and O–H groups in total. The fourth-order valence-corrected chi connectivity index (χ4v) is 2.17. The minimum absolute atomic E-state index is 0.00620. The topological polar surface area (TPSA) is 58.6 Å². The van der Waals surface area contributed by atoms with Gasteiger partial charge in [-0.25, -0.2) is 0 Å². The van der Waals surface area contributed by atoms with Crippen LogP contribution in [0, 0.1) is 0 Å². The molecule has 1 rings (SSSR count). The van der Waals surface area contributed by atoms with E-state index in [0.717, 1.165) is 12.8 Å². The van der Waals surface area contributed by atoms with Crippen LogP contribution < -0.4 is 5.32 Å². The Bertz CT molecular complexity index is 288. The van der Waals surface area contributed by atoms with Crippen LogP contribution in [0.4, 0.5) is 0 Å². The Morgan fingerprint density at radius 2 is 1.94 bits per heavy atom. The number of hydrogen-bond acceptors (Lipinski definition) is 4. The normalized spacial score (nSPS) is 18.4. The molecule has 1 aliphatic rings. The van der Waals surface area contributed by atoms with Gasteiger partial charge >= 0.3 is 5.97 Å². The monoisotopic (exact) mass is 256 g/mol.